The molecule has 128 valence electrons. The first-order valence-electron chi connectivity index (χ1n) is 7.69. The first-order valence-corrected chi connectivity index (χ1v) is 9.47. The lowest BCUT2D eigenvalue weighted by Gasteiger charge is -2.11. The molecular formula is C18H17BrN4OS. The molecule has 5 nitrogen and oxygen atoms in total. The van der Waals surface area contributed by atoms with E-state index in [4.69, 9.17) is 0 Å². The highest BCUT2D eigenvalue weighted by atomic mass is 79.9. The van der Waals surface area contributed by atoms with Crippen LogP contribution in [0.25, 0.3) is 5.69 Å². The van der Waals surface area contributed by atoms with E-state index in [1.807, 2.05) is 56.3 Å². The third-order valence-corrected chi connectivity index (χ3v) is 4.90. The first-order chi connectivity index (χ1) is 12.0. The Balaban J connectivity index is 1.61. The van der Waals surface area contributed by atoms with Crippen LogP contribution in [0.5, 0.6) is 0 Å². The van der Waals surface area contributed by atoms with E-state index in [2.05, 4.69) is 31.3 Å². The molecule has 1 heterocycles. The van der Waals surface area contributed by atoms with Crippen LogP contribution in [0.4, 0.5) is 5.69 Å². The van der Waals surface area contributed by atoms with Crippen molar-refractivity contribution in [2.75, 3.05) is 11.1 Å². The second kappa shape index (κ2) is 7.84. The Hall–Kier alpha value is -2.12. The number of hydrogen-bond donors (Lipinski definition) is 1. The zero-order valence-corrected chi connectivity index (χ0v) is 16.3. The minimum atomic E-state index is -0.0745. The van der Waals surface area contributed by atoms with Crippen LogP contribution in [0, 0.1) is 13.8 Å². The second-order valence-electron chi connectivity index (χ2n) is 5.56. The number of anilines is 1. The van der Waals surface area contributed by atoms with Crippen molar-refractivity contribution < 1.29 is 4.79 Å². The van der Waals surface area contributed by atoms with Gasteiger partial charge < -0.3 is 5.32 Å². The molecule has 0 aliphatic rings. The molecule has 1 N–H and O–H groups in total. The molecule has 0 radical (unpaired) electrons. The van der Waals surface area contributed by atoms with Crippen molar-refractivity contribution in [1.29, 1.82) is 0 Å². The smallest absolute Gasteiger partial charge is 0.234 e. The van der Waals surface area contributed by atoms with Gasteiger partial charge in [0, 0.05) is 10.2 Å². The average molecular weight is 417 g/mol. The topological polar surface area (TPSA) is 59.8 Å². The van der Waals surface area contributed by atoms with Crippen LogP contribution in [-0.4, -0.2) is 26.4 Å². The number of halogens is 1. The van der Waals surface area contributed by atoms with Gasteiger partial charge in [0.1, 0.15) is 6.33 Å². The summed E-state index contributed by atoms with van der Waals surface area (Å²) in [5.74, 6) is 0.183. The molecule has 3 rings (SSSR count). The van der Waals surface area contributed by atoms with Gasteiger partial charge in [0.2, 0.25) is 11.1 Å². The van der Waals surface area contributed by atoms with Crippen molar-refractivity contribution in [1.82, 2.24) is 14.8 Å². The summed E-state index contributed by atoms with van der Waals surface area (Å²) in [5.41, 5.74) is 3.84. The molecule has 25 heavy (non-hydrogen) atoms. The van der Waals surface area contributed by atoms with Gasteiger partial charge in [-0.25, -0.2) is 9.67 Å². The van der Waals surface area contributed by atoms with Gasteiger partial charge in [0.15, 0.2) is 0 Å². The molecule has 0 unspecified atom stereocenters. The molecule has 7 heteroatoms. The van der Waals surface area contributed by atoms with Gasteiger partial charge in [0.05, 0.1) is 11.4 Å². The van der Waals surface area contributed by atoms with Crippen molar-refractivity contribution in [2.24, 2.45) is 0 Å². The maximum Gasteiger partial charge on any atom is 0.234 e. The second-order valence-corrected chi connectivity index (χ2v) is 7.42. The summed E-state index contributed by atoms with van der Waals surface area (Å²) in [7, 11) is 0. The molecule has 0 aliphatic heterocycles. The zero-order valence-electron chi connectivity index (χ0n) is 13.9. The number of carbonyl (C=O) groups is 1. The maximum atomic E-state index is 12.2. The quantitative estimate of drug-likeness (QED) is 0.626. The number of amides is 1. The predicted molar refractivity (Wildman–Crippen MR) is 104 cm³/mol. The van der Waals surface area contributed by atoms with Crippen LogP contribution < -0.4 is 5.32 Å². The van der Waals surface area contributed by atoms with Crippen LogP contribution >= 0.6 is 27.7 Å². The largest absolute Gasteiger partial charge is 0.325 e. The molecule has 0 fully saturated rings. The van der Waals surface area contributed by atoms with E-state index >= 15 is 0 Å². The number of aromatic nitrogens is 3. The van der Waals surface area contributed by atoms with Crippen LogP contribution in [0.1, 0.15) is 11.1 Å². The average Bonchev–Trinajstić information content (AvgIpc) is 3.06. The Labute approximate surface area is 159 Å². The minimum Gasteiger partial charge on any atom is -0.325 e. The third-order valence-electron chi connectivity index (χ3n) is 3.59. The van der Waals surface area contributed by atoms with E-state index in [1.54, 1.807) is 11.0 Å². The van der Waals surface area contributed by atoms with Gasteiger partial charge in [-0.2, -0.15) is 0 Å². The summed E-state index contributed by atoms with van der Waals surface area (Å²) in [6.07, 6.45) is 1.65. The van der Waals surface area contributed by atoms with Crippen molar-refractivity contribution in [3.05, 3.63) is 64.4 Å². The van der Waals surface area contributed by atoms with Gasteiger partial charge in [-0.3, -0.25) is 4.79 Å². The summed E-state index contributed by atoms with van der Waals surface area (Å²) < 4.78 is 2.70. The molecule has 0 bridgehead atoms. The van der Waals surface area contributed by atoms with E-state index in [-0.39, 0.29) is 11.7 Å². The predicted octanol–water partition coefficient (Wildman–Crippen LogP) is 4.38. The zero-order chi connectivity index (χ0) is 17.8. The van der Waals surface area contributed by atoms with Crippen LogP contribution in [-0.2, 0) is 4.79 Å². The summed E-state index contributed by atoms with van der Waals surface area (Å²) in [4.78, 5) is 16.5. The standard InChI is InChI=1S/C18H17BrN4OS/c1-12-8-14(19)9-13(2)17(12)21-16(24)10-25-18-20-11-23(22-18)15-6-4-3-5-7-15/h3-9,11H,10H2,1-2H3,(H,21,24). The molecule has 0 saturated carbocycles. The maximum absolute atomic E-state index is 12.2. The van der Waals surface area contributed by atoms with Crippen molar-refractivity contribution in [2.45, 2.75) is 19.0 Å². The molecule has 0 atom stereocenters. The number of carbonyl (C=O) groups excluding carboxylic acids is 1. The molecule has 0 spiro atoms. The number of para-hydroxylation sites is 1. The Morgan fingerprint density at radius 2 is 1.88 bits per heavy atom. The lowest BCUT2D eigenvalue weighted by molar-refractivity contribution is -0.113. The fraction of sp³-hybridized carbons (Fsp3) is 0.167. The van der Waals surface area contributed by atoms with Crippen molar-refractivity contribution in [3.63, 3.8) is 0 Å². The van der Waals surface area contributed by atoms with E-state index in [0.717, 1.165) is 27.0 Å². The third kappa shape index (κ3) is 4.49. The molecule has 3 aromatic rings. The lowest BCUT2D eigenvalue weighted by Crippen LogP contribution is -2.16. The van der Waals surface area contributed by atoms with E-state index < -0.39 is 0 Å². The highest BCUT2D eigenvalue weighted by Gasteiger charge is 2.11. The fourth-order valence-electron chi connectivity index (χ4n) is 2.43. The summed E-state index contributed by atoms with van der Waals surface area (Å²) >= 11 is 4.77. The Kier molecular flexibility index (Phi) is 5.55. The normalized spacial score (nSPS) is 10.7. The van der Waals surface area contributed by atoms with Gasteiger partial charge in [-0.15, -0.1) is 5.10 Å². The number of aryl methyl sites for hydroxylation is 2. The van der Waals surface area contributed by atoms with Crippen LogP contribution in [0.3, 0.4) is 0 Å². The van der Waals surface area contributed by atoms with Crippen molar-refractivity contribution in [3.8, 4) is 5.69 Å². The summed E-state index contributed by atoms with van der Waals surface area (Å²) in [6, 6.07) is 13.7. The van der Waals surface area contributed by atoms with E-state index in [9.17, 15) is 4.79 Å². The molecular weight excluding hydrogens is 400 g/mol. The number of benzene rings is 2. The molecule has 0 saturated heterocycles. The van der Waals surface area contributed by atoms with Crippen molar-refractivity contribution >= 4 is 39.3 Å². The highest BCUT2D eigenvalue weighted by Crippen LogP contribution is 2.25. The van der Waals surface area contributed by atoms with Gasteiger partial charge in [-0.1, -0.05) is 45.9 Å². The number of nitrogens with zero attached hydrogens (tertiary/aromatic N) is 3. The summed E-state index contributed by atoms with van der Waals surface area (Å²) in [6.45, 7) is 3.95. The van der Waals surface area contributed by atoms with Gasteiger partial charge >= 0.3 is 0 Å². The Morgan fingerprint density at radius 1 is 1.20 bits per heavy atom. The fourth-order valence-corrected chi connectivity index (χ4v) is 3.72. The lowest BCUT2D eigenvalue weighted by atomic mass is 10.1. The van der Waals surface area contributed by atoms with E-state index in [0.29, 0.717) is 5.16 Å². The number of hydrogen-bond acceptors (Lipinski definition) is 4. The number of nitrogens with one attached hydrogen (secondary N) is 1. The Morgan fingerprint density at radius 3 is 2.56 bits per heavy atom. The van der Waals surface area contributed by atoms with Gasteiger partial charge in [-0.05, 0) is 49.2 Å². The monoisotopic (exact) mass is 416 g/mol. The van der Waals surface area contributed by atoms with Crippen LogP contribution in [0.2, 0.25) is 0 Å². The van der Waals surface area contributed by atoms with Crippen LogP contribution in [0.15, 0.2) is 58.4 Å². The minimum absolute atomic E-state index is 0.0745. The number of rotatable bonds is 5. The SMILES string of the molecule is Cc1cc(Br)cc(C)c1NC(=O)CSc1ncn(-c2ccccc2)n1. The summed E-state index contributed by atoms with van der Waals surface area (Å²) in [5, 5.41) is 7.93. The molecule has 0 aliphatic carbocycles. The molecule has 2 aromatic carbocycles. The molecule has 1 aromatic heterocycles. The van der Waals surface area contributed by atoms with E-state index in [1.165, 1.54) is 11.8 Å². The first kappa shape index (κ1) is 17.7. The molecule has 1 amide bonds. The highest BCUT2D eigenvalue weighted by molar-refractivity contribution is 9.10. The number of thioether (sulfide) groups is 1. The van der Waals surface area contributed by atoms with Gasteiger partial charge in [0.25, 0.3) is 0 Å². The Bertz CT molecular complexity index is 872.